The van der Waals surface area contributed by atoms with E-state index in [-0.39, 0.29) is 0 Å². The first kappa shape index (κ1) is 50.3. The van der Waals surface area contributed by atoms with Gasteiger partial charge in [-0.1, -0.05) is 158 Å². The second-order valence-electron chi connectivity index (χ2n) is 22.6. The van der Waals surface area contributed by atoms with Crippen LogP contribution in [0.25, 0.3) is 133 Å². The van der Waals surface area contributed by atoms with Gasteiger partial charge in [0.25, 0.3) is 0 Å². The van der Waals surface area contributed by atoms with Crippen molar-refractivity contribution in [3.63, 3.8) is 0 Å². The van der Waals surface area contributed by atoms with Crippen LogP contribution in [0.2, 0.25) is 0 Å². The zero-order valence-corrected chi connectivity index (χ0v) is 47.7. The van der Waals surface area contributed by atoms with Crippen molar-refractivity contribution in [2.75, 3.05) is 0 Å². The topological polar surface area (TPSA) is 35.6 Å². The van der Waals surface area contributed by atoms with Crippen molar-refractivity contribution >= 4 is 43.6 Å². The molecule has 0 radical (unpaired) electrons. The van der Waals surface area contributed by atoms with Crippen molar-refractivity contribution in [1.82, 2.24) is 19.1 Å². The van der Waals surface area contributed by atoms with Gasteiger partial charge in [0.15, 0.2) is 5.82 Å². The number of rotatable bonds is 9. The van der Waals surface area contributed by atoms with Crippen LogP contribution in [0, 0.1) is 55.4 Å². The summed E-state index contributed by atoms with van der Waals surface area (Å²) < 4.78 is 4.96. The lowest BCUT2D eigenvalue weighted by Crippen LogP contribution is -2.02. The van der Waals surface area contributed by atoms with Crippen molar-refractivity contribution in [3.8, 4) is 89.8 Å². The van der Waals surface area contributed by atoms with E-state index in [0.717, 1.165) is 61.5 Å². The van der Waals surface area contributed by atoms with E-state index < -0.39 is 0 Å². The Morgan fingerprint density at radius 1 is 0.232 bits per heavy atom. The number of fused-ring (bicyclic) bond motifs is 6. The summed E-state index contributed by atoms with van der Waals surface area (Å²) in [6, 6.07) is 84.9. The summed E-state index contributed by atoms with van der Waals surface area (Å²) in [7, 11) is 0. The quantitative estimate of drug-likeness (QED) is 0.144. The van der Waals surface area contributed by atoms with Crippen molar-refractivity contribution in [1.29, 1.82) is 0 Å². The molecule has 4 heteroatoms. The third kappa shape index (κ3) is 8.53. The Labute approximate surface area is 480 Å². The SMILES string of the molecule is Cc1cccc(C)c1-c1ccc2c(c1)c1cc(-c3c(C)cccc3C)ccc1n2-c1cc(-c2nc(-c3ccccc3)cc(-c3ccccc3)n2)cc(-n2c3ccc(-c4c(C)cccc4C)cc3c3cc(-c4c(C)cccc4C)ccc32)c1. The maximum absolute atomic E-state index is 5.51. The van der Waals surface area contributed by atoms with E-state index >= 15 is 0 Å². The standard InChI is InChI=1S/C78H62N4/c1-47-19-15-20-48(2)74(47)57-31-35-70-64(41-57)65-42-58(75-49(3)21-16-22-50(75)4)32-36-71(65)81(70)62-39-61(78-79-68(55-27-11-9-12-28-55)46-69(80-78)56-29-13-10-14-30-56)40-63(45-62)82-72-37-33-59(76-51(5)23-17-24-52(76)6)43-66(72)67-44-60(34-38-73(67)82)77-53(7)25-18-26-54(77)8/h9-46H,1-8H3. The van der Waals surface area contributed by atoms with Crippen molar-refractivity contribution in [2.24, 2.45) is 0 Å². The van der Waals surface area contributed by atoms with E-state index in [1.807, 2.05) is 0 Å². The van der Waals surface area contributed by atoms with Gasteiger partial charge in [0, 0.05) is 49.6 Å². The van der Waals surface area contributed by atoms with Crippen LogP contribution in [-0.2, 0) is 0 Å². The molecule has 0 aliphatic carbocycles. The molecule has 82 heavy (non-hydrogen) atoms. The molecule has 0 aliphatic rings. The van der Waals surface area contributed by atoms with Crippen LogP contribution in [0.5, 0.6) is 0 Å². The maximum atomic E-state index is 5.51. The van der Waals surface area contributed by atoms with E-state index in [4.69, 9.17) is 9.97 Å². The fourth-order valence-electron chi connectivity index (χ4n) is 13.4. The molecule has 0 N–H and O–H groups in total. The molecule has 0 saturated heterocycles. The maximum Gasteiger partial charge on any atom is 0.160 e. The number of aromatic nitrogens is 4. The van der Waals surface area contributed by atoms with Gasteiger partial charge in [0.1, 0.15) is 0 Å². The average Bonchev–Trinajstić information content (AvgIpc) is 3.96. The smallest absolute Gasteiger partial charge is 0.160 e. The third-order valence-electron chi connectivity index (χ3n) is 17.2. The van der Waals surface area contributed by atoms with Crippen molar-refractivity contribution in [2.45, 2.75) is 55.4 Å². The van der Waals surface area contributed by atoms with Gasteiger partial charge in [-0.15, -0.1) is 0 Å². The highest BCUT2D eigenvalue weighted by molar-refractivity contribution is 6.14. The summed E-state index contributed by atoms with van der Waals surface area (Å²) in [5.41, 5.74) is 31.2. The van der Waals surface area contributed by atoms with Crippen LogP contribution in [0.4, 0.5) is 0 Å². The molecule has 0 spiro atoms. The summed E-state index contributed by atoms with van der Waals surface area (Å²) in [6.07, 6.45) is 0. The highest BCUT2D eigenvalue weighted by Crippen LogP contribution is 2.44. The molecular formula is C78H62N4. The average molecular weight is 1060 g/mol. The van der Waals surface area contributed by atoms with Gasteiger partial charge in [0.05, 0.1) is 33.5 Å². The Morgan fingerprint density at radius 3 is 0.793 bits per heavy atom. The lowest BCUT2D eigenvalue weighted by Gasteiger charge is -2.17. The summed E-state index contributed by atoms with van der Waals surface area (Å²) in [6.45, 7) is 17.8. The van der Waals surface area contributed by atoms with Crippen LogP contribution < -0.4 is 0 Å². The molecule has 0 bridgehead atoms. The zero-order chi connectivity index (χ0) is 55.9. The van der Waals surface area contributed by atoms with Crippen molar-refractivity contribution < 1.29 is 0 Å². The molecule has 3 heterocycles. The third-order valence-corrected chi connectivity index (χ3v) is 17.2. The second-order valence-corrected chi connectivity index (χ2v) is 22.6. The highest BCUT2D eigenvalue weighted by Gasteiger charge is 2.23. The lowest BCUT2D eigenvalue weighted by molar-refractivity contribution is 1.12. The molecule has 4 nitrogen and oxygen atoms in total. The Hall–Kier alpha value is -9.90. The highest BCUT2D eigenvalue weighted by atomic mass is 15.0. The van der Waals surface area contributed by atoms with Gasteiger partial charge >= 0.3 is 0 Å². The number of benzene rings is 11. The molecule has 0 aliphatic heterocycles. The molecule has 11 aromatic carbocycles. The Balaban J connectivity index is 1.09. The molecule has 3 aromatic heterocycles. The van der Waals surface area contributed by atoms with Gasteiger partial charge in [-0.25, -0.2) is 9.97 Å². The van der Waals surface area contributed by atoms with E-state index in [1.165, 1.54) is 111 Å². The number of aryl methyl sites for hydroxylation is 8. The Kier molecular flexibility index (Phi) is 12.3. The van der Waals surface area contributed by atoms with Crippen LogP contribution in [0.15, 0.2) is 231 Å². The molecule has 14 aromatic rings. The van der Waals surface area contributed by atoms with Crippen LogP contribution in [0.3, 0.4) is 0 Å². The van der Waals surface area contributed by atoms with Gasteiger partial charge in [-0.2, -0.15) is 0 Å². The zero-order valence-electron chi connectivity index (χ0n) is 47.7. The second kappa shape index (κ2) is 20.0. The first-order valence-corrected chi connectivity index (χ1v) is 28.5. The minimum atomic E-state index is 0.647. The van der Waals surface area contributed by atoms with Gasteiger partial charge in [-0.05, 0) is 217 Å². The van der Waals surface area contributed by atoms with Crippen LogP contribution >= 0.6 is 0 Å². The minimum absolute atomic E-state index is 0.647. The first-order chi connectivity index (χ1) is 39.9. The van der Waals surface area contributed by atoms with Crippen LogP contribution in [0.1, 0.15) is 44.5 Å². The van der Waals surface area contributed by atoms with E-state index in [1.54, 1.807) is 0 Å². The minimum Gasteiger partial charge on any atom is -0.309 e. The molecule has 0 atom stereocenters. The molecule has 394 valence electrons. The molecular weight excluding hydrogens is 993 g/mol. The predicted molar refractivity (Wildman–Crippen MR) is 347 cm³/mol. The number of hydrogen-bond donors (Lipinski definition) is 0. The van der Waals surface area contributed by atoms with Gasteiger partial charge in [0.2, 0.25) is 0 Å². The molecule has 0 saturated carbocycles. The normalized spacial score (nSPS) is 11.7. The van der Waals surface area contributed by atoms with Crippen molar-refractivity contribution in [3.05, 3.63) is 275 Å². The largest absolute Gasteiger partial charge is 0.309 e. The molecule has 0 fully saturated rings. The first-order valence-electron chi connectivity index (χ1n) is 28.5. The fourth-order valence-corrected chi connectivity index (χ4v) is 13.4. The number of nitrogens with zero attached hydrogens (tertiary/aromatic N) is 4. The number of hydrogen-bond acceptors (Lipinski definition) is 2. The molecule has 14 rings (SSSR count). The fraction of sp³-hybridized carbons (Fsp3) is 0.103. The molecule has 0 amide bonds. The van der Waals surface area contributed by atoms with E-state index in [2.05, 4.69) is 295 Å². The van der Waals surface area contributed by atoms with Gasteiger partial charge in [-0.3, -0.25) is 0 Å². The van der Waals surface area contributed by atoms with E-state index in [0.29, 0.717) is 5.82 Å². The monoisotopic (exact) mass is 1050 g/mol. The molecule has 0 unspecified atom stereocenters. The van der Waals surface area contributed by atoms with E-state index in [9.17, 15) is 0 Å². The summed E-state index contributed by atoms with van der Waals surface area (Å²) in [5, 5.41) is 4.77. The summed E-state index contributed by atoms with van der Waals surface area (Å²) in [4.78, 5) is 11.0. The Bertz CT molecular complexity index is 4280. The summed E-state index contributed by atoms with van der Waals surface area (Å²) >= 11 is 0. The lowest BCUT2D eigenvalue weighted by atomic mass is 9.93. The van der Waals surface area contributed by atoms with Gasteiger partial charge < -0.3 is 9.13 Å². The predicted octanol–water partition coefficient (Wildman–Crippen LogP) is 20.8. The summed E-state index contributed by atoms with van der Waals surface area (Å²) in [5.74, 6) is 0.647. The van der Waals surface area contributed by atoms with Crippen LogP contribution in [-0.4, -0.2) is 19.1 Å². The Morgan fingerprint density at radius 2 is 0.512 bits per heavy atom.